The Hall–Kier alpha value is -2.49. The van der Waals surface area contributed by atoms with Gasteiger partial charge in [0.2, 0.25) is 0 Å². The second-order valence-corrected chi connectivity index (χ2v) is 6.06. The molecule has 0 atom stereocenters. The van der Waals surface area contributed by atoms with E-state index in [9.17, 15) is 4.79 Å². The highest BCUT2D eigenvalue weighted by Gasteiger charge is 2.07. The van der Waals surface area contributed by atoms with Gasteiger partial charge >= 0.3 is 0 Å². The largest absolute Gasteiger partial charge is 0.294 e. The first-order chi connectivity index (χ1) is 12.4. The molecule has 0 unspecified atom stereocenters. The summed E-state index contributed by atoms with van der Waals surface area (Å²) >= 11 is 0. The number of hydrogen-bond donors (Lipinski definition) is 1. The Balaban J connectivity index is 0.000000508. The zero-order valence-electron chi connectivity index (χ0n) is 16.9. The highest BCUT2D eigenvalue weighted by Crippen LogP contribution is 2.09. The zero-order chi connectivity index (χ0) is 19.9. The molecule has 1 rings (SSSR count). The molecule has 0 aromatic heterocycles. The van der Waals surface area contributed by atoms with Crippen LogP contribution >= 0.6 is 0 Å². The molecule has 4 heteroatoms. The van der Waals surface area contributed by atoms with Crippen molar-refractivity contribution in [3.8, 4) is 0 Å². The van der Waals surface area contributed by atoms with Gasteiger partial charge in [0, 0.05) is 24.1 Å². The molecule has 0 spiro atoms. The fourth-order valence-corrected chi connectivity index (χ4v) is 2.25. The van der Waals surface area contributed by atoms with E-state index in [2.05, 4.69) is 42.5 Å². The summed E-state index contributed by atoms with van der Waals surface area (Å²) in [6.45, 7) is 17.4. The van der Waals surface area contributed by atoms with Crippen molar-refractivity contribution in [2.45, 2.75) is 60.3 Å². The van der Waals surface area contributed by atoms with Crippen LogP contribution in [0.1, 0.15) is 60.3 Å². The van der Waals surface area contributed by atoms with Crippen LogP contribution in [0.15, 0.2) is 70.5 Å². The van der Waals surface area contributed by atoms with Gasteiger partial charge < -0.3 is 0 Å². The fraction of sp³-hybridized carbons (Fsp3) is 0.409. The predicted octanol–water partition coefficient (Wildman–Crippen LogP) is 5.67. The van der Waals surface area contributed by atoms with E-state index in [-0.39, 0.29) is 5.78 Å². The van der Waals surface area contributed by atoms with Crippen LogP contribution in [-0.2, 0) is 4.79 Å². The van der Waals surface area contributed by atoms with Crippen molar-refractivity contribution >= 4 is 17.3 Å². The second kappa shape index (κ2) is 13.8. The van der Waals surface area contributed by atoms with Crippen LogP contribution in [0.25, 0.3) is 0 Å². The van der Waals surface area contributed by atoms with Crippen LogP contribution in [-0.4, -0.2) is 17.3 Å². The normalized spacial score (nSPS) is 16.0. The zero-order valence-corrected chi connectivity index (χ0v) is 16.9. The third-order valence-corrected chi connectivity index (χ3v) is 3.42. The highest BCUT2D eigenvalue weighted by molar-refractivity contribution is 6.06. The molecule has 0 radical (unpaired) electrons. The molecule has 1 aliphatic rings. The number of allylic oxidation sites excluding steroid dienone is 7. The van der Waals surface area contributed by atoms with Crippen molar-refractivity contribution in [3.05, 3.63) is 60.4 Å². The Kier molecular flexibility index (Phi) is 12.4. The summed E-state index contributed by atoms with van der Waals surface area (Å²) in [4.78, 5) is 15.5. The van der Waals surface area contributed by atoms with Crippen LogP contribution in [0.5, 0.6) is 0 Å². The lowest BCUT2D eigenvalue weighted by molar-refractivity contribution is -0.114. The number of ketones is 1. The Bertz CT molecular complexity index is 646. The summed E-state index contributed by atoms with van der Waals surface area (Å²) in [6.07, 6.45) is 12.7. The average molecular weight is 356 g/mol. The van der Waals surface area contributed by atoms with Gasteiger partial charge in [0.15, 0.2) is 5.78 Å². The molecule has 0 aromatic rings. The van der Waals surface area contributed by atoms with Crippen molar-refractivity contribution in [1.29, 1.82) is 0 Å². The molecule has 4 nitrogen and oxygen atoms in total. The van der Waals surface area contributed by atoms with Gasteiger partial charge in [-0.05, 0) is 33.3 Å². The number of nitrogens with zero attached hydrogens (tertiary/aromatic N) is 2. The average Bonchev–Trinajstić information content (AvgIpc) is 2.99. The monoisotopic (exact) mass is 355 g/mol. The van der Waals surface area contributed by atoms with E-state index in [1.165, 1.54) is 5.57 Å². The molecule has 0 saturated heterocycles. The summed E-state index contributed by atoms with van der Waals surface area (Å²) < 4.78 is 0. The van der Waals surface area contributed by atoms with Crippen molar-refractivity contribution < 1.29 is 4.79 Å². The Morgan fingerprint density at radius 2 is 2.08 bits per heavy atom. The van der Waals surface area contributed by atoms with Gasteiger partial charge in [0.1, 0.15) is 5.84 Å². The maximum absolute atomic E-state index is 11.1. The fourth-order valence-electron chi connectivity index (χ4n) is 2.25. The summed E-state index contributed by atoms with van der Waals surface area (Å²) in [7, 11) is 0. The Morgan fingerprint density at radius 1 is 1.38 bits per heavy atom. The van der Waals surface area contributed by atoms with Crippen molar-refractivity contribution in [2.75, 3.05) is 0 Å². The van der Waals surface area contributed by atoms with Gasteiger partial charge in [0.05, 0.1) is 5.70 Å². The predicted molar refractivity (Wildman–Crippen MR) is 114 cm³/mol. The van der Waals surface area contributed by atoms with E-state index in [0.717, 1.165) is 42.1 Å². The number of rotatable bonds is 8. The van der Waals surface area contributed by atoms with E-state index in [0.29, 0.717) is 6.42 Å². The summed E-state index contributed by atoms with van der Waals surface area (Å²) in [5, 5.41) is 4.06. The van der Waals surface area contributed by atoms with Gasteiger partial charge in [-0.3, -0.25) is 10.2 Å². The Morgan fingerprint density at radius 3 is 2.54 bits per heavy atom. The van der Waals surface area contributed by atoms with Crippen LogP contribution in [0, 0.1) is 0 Å². The standard InChI is InChI=1S/C12H19N3.C10H14O/c1-5-6-9(2)7-10(3)13-12-8-11(4)14-15-12;1-4-7-9(8-5-2)10(11)6-3/h7H,3,5-6,8H2,1-2,4H3,(H,13,15);4-5,7-8H,1,6H2,2-3H3/b9-7+;8-5-,9-7+. The van der Waals surface area contributed by atoms with E-state index in [1.54, 1.807) is 18.2 Å². The quantitative estimate of drug-likeness (QED) is 0.450. The lowest BCUT2D eigenvalue weighted by Gasteiger charge is -1.99. The molecular weight excluding hydrogens is 322 g/mol. The molecule has 26 heavy (non-hydrogen) atoms. The molecule has 0 fully saturated rings. The topological polar surface area (TPSA) is 53.8 Å². The first-order valence-corrected chi connectivity index (χ1v) is 9.09. The van der Waals surface area contributed by atoms with Crippen LogP contribution < -0.4 is 5.43 Å². The molecule has 1 heterocycles. The van der Waals surface area contributed by atoms with Crippen LogP contribution in [0.4, 0.5) is 0 Å². The number of aliphatic imine (C=N–C) groups is 1. The third-order valence-electron chi connectivity index (χ3n) is 3.42. The van der Waals surface area contributed by atoms with E-state index in [4.69, 9.17) is 0 Å². The van der Waals surface area contributed by atoms with E-state index in [1.807, 2.05) is 32.9 Å². The molecule has 0 aromatic carbocycles. The van der Waals surface area contributed by atoms with Gasteiger partial charge in [0.25, 0.3) is 0 Å². The summed E-state index contributed by atoms with van der Waals surface area (Å²) in [6, 6.07) is 0. The van der Waals surface area contributed by atoms with Crippen LogP contribution in [0.2, 0.25) is 0 Å². The maximum Gasteiger partial charge on any atom is 0.162 e. The molecule has 0 bridgehead atoms. The number of amidine groups is 1. The minimum absolute atomic E-state index is 0.156. The van der Waals surface area contributed by atoms with Crippen LogP contribution in [0.3, 0.4) is 0 Å². The van der Waals surface area contributed by atoms with Gasteiger partial charge in [-0.2, -0.15) is 5.10 Å². The lowest BCUT2D eigenvalue weighted by Crippen LogP contribution is -2.10. The van der Waals surface area contributed by atoms with E-state index < -0.39 is 0 Å². The second-order valence-electron chi connectivity index (χ2n) is 6.06. The lowest BCUT2D eigenvalue weighted by atomic mass is 10.1. The molecule has 1 N–H and O–H groups in total. The van der Waals surface area contributed by atoms with Gasteiger partial charge in [-0.1, -0.05) is 63.3 Å². The SMILES string of the molecule is C=C(/C=C(\C)CCC)N=C1CC(C)=NN1.C=C/C=C(\C=C/C)C(=O)CC. The molecule has 142 valence electrons. The number of nitrogens with one attached hydrogen (secondary N) is 1. The number of carbonyl (C=O) groups is 1. The van der Waals surface area contributed by atoms with Crippen molar-refractivity contribution in [2.24, 2.45) is 10.1 Å². The summed E-state index contributed by atoms with van der Waals surface area (Å²) in [5.74, 6) is 1.04. The smallest absolute Gasteiger partial charge is 0.162 e. The molecule has 0 aliphatic carbocycles. The molecule has 0 amide bonds. The van der Waals surface area contributed by atoms with Crippen molar-refractivity contribution in [3.63, 3.8) is 0 Å². The number of Topliss-reactive ketones (excluding diaryl/α,β-unsaturated/α-hetero) is 1. The highest BCUT2D eigenvalue weighted by atomic mass is 16.1. The maximum atomic E-state index is 11.1. The number of hydrogen-bond acceptors (Lipinski definition) is 3. The van der Waals surface area contributed by atoms with E-state index >= 15 is 0 Å². The first kappa shape index (κ1) is 23.5. The third kappa shape index (κ3) is 10.4. The summed E-state index contributed by atoms with van der Waals surface area (Å²) in [5.41, 5.74) is 6.80. The minimum atomic E-state index is 0.156. The minimum Gasteiger partial charge on any atom is -0.294 e. The van der Waals surface area contributed by atoms with Gasteiger partial charge in [-0.15, -0.1) is 0 Å². The first-order valence-electron chi connectivity index (χ1n) is 9.09. The Labute approximate surface area is 158 Å². The van der Waals surface area contributed by atoms with Gasteiger partial charge in [-0.25, -0.2) is 4.99 Å². The van der Waals surface area contributed by atoms with Crippen molar-refractivity contribution in [1.82, 2.24) is 5.43 Å². The number of carbonyl (C=O) groups excluding carboxylic acids is 1. The molecular formula is C22H33N3O. The molecule has 1 aliphatic heterocycles. The molecule has 0 saturated carbocycles. The number of hydrazone groups is 1.